The molecule has 1 aliphatic carbocycles. The summed E-state index contributed by atoms with van der Waals surface area (Å²) in [5, 5.41) is 8.45. The number of benzene rings is 2. The van der Waals surface area contributed by atoms with Crippen molar-refractivity contribution >= 4 is 29.1 Å². The summed E-state index contributed by atoms with van der Waals surface area (Å²) in [6.45, 7) is 0.315. The third-order valence-electron chi connectivity index (χ3n) is 4.88. The van der Waals surface area contributed by atoms with Gasteiger partial charge in [0.2, 0.25) is 5.91 Å². The molecule has 0 saturated heterocycles. The third-order valence-corrected chi connectivity index (χ3v) is 4.88. The Labute approximate surface area is 179 Å². The van der Waals surface area contributed by atoms with Crippen molar-refractivity contribution in [1.29, 1.82) is 0 Å². The Morgan fingerprint density at radius 1 is 0.806 bits per heavy atom. The summed E-state index contributed by atoms with van der Waals surface area (Å²) in [7, 11) is 0. The average molecular weight is 414 g/mol. The summed E-state index contributed by atoms with van der Waals surface area (Å²) in [5.74, 6) is -0.508. The standard InChI is InChI=1S/C24H22N4O3/c29-22(26-15-21-7-1-2-12-25-21)17-5-3-8-19(13-17)28-24(31)18-6-4-9-20(14-18)27-23(30)16-10-11-16/h1-9,12-14,16H,10-11,15H2,(H,26,29)(H,27,30)(H,28,31). The molecule has 0 bridgehead atoms. The van der Waals surface area contributed by atoms with Crippen LogP contribution in [0, 0.1) is 5.92 Å². The molecule has 0 unspecified atom stereocenters. The van der Waals surface area contributed by atoms with Gasteiger partial charge in [-0.2, -0.15) is 0 Å². The highest BCUT2D eigenvalue weighted by Gasteiger charge is 2.29. The number of aromatic nitrogens is 1. The largest absolute Gasteiger partial charge is 0.346 e. The Morgan fingerprint density at radius 2 is 1.48 bits per heavy atom. The first kappa shape index (κ1) is 20.3. The van der Waals surface area contributed by atoms with Crippen LogP contribution in [0.5, 0.6) is 0 Å². The fraction of sp³-hybridized carbons (Fsp3) is 0.167. The lowest BCUT2D eigenvalue weighted by atomic mass is 10.1. The van der Waals surface area contributed by atoms with Crippen LogP contribution in [0.15, 0.2) is 72.9 Å². The molecule has 1 fully saturated rings. The Morgan fingerprint density at radius 3 is 2.13 bits per heavy atom. The predicted molar refractivity (Wildman–Crippen MR) is 118 cm³/mol. The maximum absolute atomic E-state index is 12.7. The predicted octanol–water partition coefficient (Wildman–Crippen LogP) is 3.61. The van der Waals surface area contributed by atoms with E-state index >= 15 is 0 Å². The van der Waals surface area contributed by atoms with E-state index in [-0.39, 0.29) is 23.6 Å². The number of carbonyl (C=O) groups is 3. The van der Waals surface area contributed by atoms with Gasteiger partial charge in [0.15, 0.2) is 0 Å². The molecule has 4 rings (SSSR count). The molecule has 1 saturated carbocycles. The molecule has 1 aromatic heterocycles. The van der Waals surface area contributed by atoms with E-state index in [1.54, 1.807) is 54.7 Å². The van der Waals surface area contributed by atoms with E-state index < -0.39 is 0 Å². The minimum atomic E-state index is -0.325. The van der Waals surface area contributed by atoms with Crippen LogP contribution in [-0.4, -0.2) is 22.7 Å². The first-order valence-electron chi connectivity index (χ1n) is 10.1. The molecule has 0 atom stereocenters. The van der Waals surface area contributed by atoms with Gasteiger partial charge in [0.1, 0.15) is 0 Å². The van der Waals surface area contributed by atoms with Gasteiger partial charge in [0.25, 0.3) is 11.8 Å². The van der Waals surface area contributed by atoms with Gasteiger partial charge in [-0.1, -0.05) is 18.2 Å². The molecule has 0 radical (unpaired) electrons. The minimum absolute atomic E-state index is 0.0121. The lowest BCUT2D eigenvalue weighted by Gasteiger charge is -2.10. The van der Waals surface area contributed by atoms with Crippen molar-refractivity contribution in [3.05, 3.63) is 89.7 Å². The van der Waals surface area contributed by atoms with Gasteiger partial charge in [-0.3, -0.25) is 19.4 Å². The van der Waals surface area contributed by atoms with Crippen LogP contribution in [0.4, 0.5) is 11.4 Å². The summed E-state index contributed by atoms with van der Waals surface area (Å²) in [4.78, 5) is 41.2. The average Bonchev–Trinajstić information content (AvgIpc) is 3.64. The van der Waals surface area contributed by atoms with Crippen LogP contribution in [0.3, 0.4) is 0 Å². The number of hydrogen-bond acceptors (Lipinski definition) is 4. The van der Waals surface area contributed by atoms with Crippen LogP contribution in [0.2, 0.25) is 0 Å². The van der Waals surface area contributed by atoms with Gasteiger partial charge in [-0.05, 0) is 61.4 Å². The fourth-order valence-electron chi connectivity index (χ4n) is 3.05. The maximum Gasteiger partial charge on any atom is 0.255 e. The number of anilines is 2. The molecule has 3 aromatic rings. The topological polar surface area (TPSA) is 100 Å². The molecule has 1 heterocycles. The van der Waals surface area contributed by atoms with Crippen molar-refractivity contribution in [2.45, 2.75) is 19.4 Å². The molecule has 31 heavy (non-hydrogen) atoms. The second-order valence-corrected chi connectivity index (χ2v) is 7.38. The number of nitrogens with zero attached hydrogens (tertiary/aromatic N) is 1. The molecule has 3 amide bonds. The van der Waals surface area contributed by atoms with Crippen molar-refractivity contribution in [3.63, 3.8) is 0 Å². The van der Waals surface area contributed by atoms with Crippen LogP contribution in [0.25, 0.3) is 0 Å². The van der Waals surface area contributed by atoms with E-state index in [9.17, 15) is 14.4 Å². The van der Waals surface area contributed by atoms with Gasteiger partial charge in [-0.25, -0.2) is 0 Å². The van der Waals surface area contributed by atoms with E-state index in [1.807, 2.05) is 18.2 Å². The number of pyridine rings is 1. The number of carbonyl (C=O) groups excluding carboxylic acids is 3. The van der Waals surface area contributed by atoms with E-state index in [4.69, 9.17) is 0 Å². The van der Waals surface area contributed by atoms with Gasteiger partial charge in [0.05, 0.1) is 12.2 Å². The molecule has 2 aromatic carbocycles. The quantitative estimate of drug-likeness (QED) is 0.550. The molecule has 1 aliphatic rings. The van der Waals surface area contributed by atoms with Crippen molar-refractivity contribution < 1.29 is 14.4 Å². The minimum Gasteiger partial charge on any atom is -0.346 e. The first-order chi connectivity index (χ1) is 15.1. The van der Waals surface area contributed by atoms with Crippen LogP contribution < -0.4 is 16.0 Å². The van der Waals surface area contributed by atoms with Crippen molar-refractivity contribution in [1.82, 2.24) is 10.3 Å². The third kappa shape index (κ3) is 5.54. The molecule has 7 heteroatoms. The highest BCUT2D eigenvalue weighted by molar-refractivity contribution is 6.06. The Hall–Kier alpha value is -4.00. The summed E-state index contributed by atoms with van der Waals surface area (Å²) in [5.41, 5.74) is 2.70. The zero-order chi connectivity index (χ0) is 21.6. The zero-order valence-corrected chi connectivity index (χ0v) is 16.8. The second kappa shape index (κ2) is 9.21. The lowest BCUT2D eigenvalue weighted by molar-refractivity contribution is -0.117. The van der Waals surface area contributed by atoms with Gasteiger partial charge < -0.3 is 16.0 Å². The van der Waals surface area contributed by atoms with E-state index in [2.05, 4.69) is 20.9 Å². The normalized spacial score (nSPS) is 12.6. The maximum atomic E-state index is 12.7. The molecule has 156 valence electrons. The zero-order valence-electron chi connectivity index (χ0n) is 16.8. The van der Waals surface area contributed by atoms with Gasteiger partial charge in [-0.15, -0.1) is 0 Å². The van der Waals surface area contributed by atoms with Crippen LogP contribution in [-0.2, 0) is 11.3 Å². The Balaban J connectivity index is 1.38. The smallest absolute Gasteiger partial charge is 0.255 e. The number of rotatable bonds is 7. The Kier molecular flexibility index (Phi) is 6.03. The highest BCUT2D eigenvalue weighted by Crippen LogP contribution is 2.30. The highest BCUT2D eigenvalue weighted by atomic mass is 16.2. The first-order valence-corrected chi connectivity index (χ1v) is 10.1. The molecule has 0 aliphatic heterocycles. The van der Waals surface area contributed by atoms with Crippen molar-refractivity contribution in [3.8, 4) is 0 Å². The van der Waals surface area contributed by atoms with Crippen molar-refractivity contribution in [2.24, 2.45) is 5.92 Å². The van der Waals surface area contributed by atoms with Gasteiger partial charge in [0, 0.05) is 34.6 Å². The number of nitrogens with one attached hydrogen (secondary N) is 3. The number of amides is 3. The molecule has 3 N–H and O–H groups in total. The number of hydrogen-bond donors (Lipinski definition) is 3. The van der Waals surface area contributed by atoms with Crippen LogP contribution >= 0.6 is 0 Å². The summed E-state index contributed by atoms with van der Waals surface area (Å²) in [6.07, 6.45) is 3.50. The fourth-order valence-corrected chi connectivity index (χ4v) is 3.05. The van der Waals surface area contributed by atoms with E-state index in [0.29, 0.717) is 29.0 Å². The van der Waals surface area contributed by atoms with E-state index in [1.165, 1.54) is 0 Å². The summed E-state index contributed by atoms with van der Waals surface area (Å²) >= 11 is 0. The van der Waals surface area contributed by atoms with Crippen molar-refractivity contribution in [2.75, 3.05) is 10.6 Å². The Bertz CT molecular complexity index is 1110. The summed E-state index contributed by atoms with van der Waals surface area (Å²) in [6, 6.07) is 19.0. The lowest BCUT2D eigenvalue weighted by Crippen LogP contribution is -2.23. The SMILES string of the molecule is O=C(NCc1ccccn1)c1cccc(NC(=O)c2cccc(NC(=O)C3CC3)c2)c1. The second-order valence-electron chi connectivity index (χ2n) is 7.38. The molecular weight excluding hydrogens is 392 g/mol. The molecule has 0 spiro atoms. The monoisotopic (exact) mass is 414 g/mol. The molecular formula is C24H22N4O3. The summed E-state index contributed by atoms with van der Waals surface area (Å²) < 4.78 is 0. The van der Waals surface area contributed by atoms with E-state index in [0.717, 1.165) is 18.5 Å². The van der Waals surface area contributed by atoms with Gasteiger partial charge >= 0.3 is 0 Å². The van der Waals surface area contributed by atoms with Crippen LogP contribution in [0.1, 0.15) is 39.3 Å². The molecule has 7 nitrogen and oxygen atoms in total.